The van der Waals surface area contributed by atoms with E-state index in [1.165, 1.54) is 30.3 Å². The van der Waals surface area contributed by atoms with Gasteiger partial charge < -0.3 is 10.6 Å². The lowest BCUT2D eigenvalue weighted by Gasteiger charge is -2.15. The fraction of sp³-hybridized carbons (Fsp3) is 0.115. The van der Waals surface area contributed by atoms with Crippen LogP contribution in [0, 0.1) is 0 Å². The van der Waals surface area contributed by atoms with E-state index in [2.05, 4.69) is 10.6 Å². The average molecular weight is 548 g/mol. The van der Waals surface area contributed by atoms with E-state index in [1.807, 2.05) is 0 Å². The molecule has 0 fully saturated rings. The Morgan fingerprint density at radius 1 is 0.838 bits per heavy atom. The first-order valence-electron chi connectivity index (χ1n) is 10.9. The molecule has 11 heteroatoms. The molecule has 0 aliphatic carbocycles. The van der Waals surface area contributed by atoms with Crippen LogP contribution < -0.4 is 10.6 Å². The second-order valence-corrected chi connectivity index (χ2v) is 8.87. The lowest BCUT2D eigenvalue weighted by molar-refractivity contribution is -0.138. The molecule has 190 valence electrons. The van der Waals surface area contributed by atoms with Crippen molar-refractivity contribution in [3.63, 3.8) is 0 Å². The van der Waals surface area contributed by atoms with Gasteiger partial charge in [0.1, 0.15) is 10.7 Å². The first kappa shape index (κ1) is 26.2. The van der Waals surface area contributed by atoms with Crippen molar-refractivity contribution >= 4 is 46.6 Å². The van der Waals surface area contributed by atoms with Crippen LogP contribution in [0.25, 0.3) is 0 Å². The van der Waals surface area contributed by atoms with Crippen molar-refractivity contribution in [2.75, 3.05) is 5.32 Å². The normalized spacial score (nSPS) is 13.8. The third kappa shape index (κ3) is 5.95. The van der Waals surface area contributed by atoms with Crippen LogP contribution in [0.2, 0.25) is 5.02 Å². The van der Waals surface area contributed by atoms with Crippen molar-refractivity contribution in [3.05, 3.63) is 111 Å². The molecule has 1 aliphatic heterocycles. The van der Waals surface area contributed by atoms with Crippen LogP contribution in [0.4, 0.5) is 18.9 Å². The molecule has 0 saturated heterocycles. The first-order chi connectivity index (χ1) is 17.5. The Kier molecular flexibility index (Phi) is 7.56. The number of hydrogen-bond acceptors (Lipinski definition) is 4. The highest BCUT2D eigenvalue weighted by atomic mass is 35.5. The first-order valence-corrected chi connectivity index (χ1v) is 11.6. The second-order valence-electron chi connectivity index (χ2n) is 8.06. The Labute approximate surface area is 219 Å². The van der Waals surface area contributed by atoms with Crippen LogP contribution in [0.1, 0.15) is 27.0 Å². The van der Waals surface area contributed by atoms with Gasteiger partial charge in [-0.15, -0.1) is 0 Å². The van der Waals surface area contributed by atoms with Gasteiger partial charge >= 0.3 is 6.18 Å². The highest BCUT2D eigenvalue weighted by molar-refractivity contribution is 6.47. The fourth-order valence-corrected chi connectivity index (χ4v) is 3.99. The van der Waals surface area contributed by atoms with Gasteiger partial charge in [0, 0.05) is 17.1 Å². The van der Waals surface area contributed by atoms with Gasteiger partial charge in [0.15, 0.2) is 0 Å². The fourth-order valence-electron chi connectivity index (χ4n) is 3.61. The lowest BCUT2D eigenvalue weighted by Crippen LogP contribution is -2.33. The standard InChI is InChI=1S/C26H18Cl2F3N3O3/c27-18-11-7-16(8-12-18)14-34-24(36)21(28)22(25(34)37)32-13-15-5-9-17(10-6-15)23(35)33-20-4-2-1-3-19(20)26(29,30)31/h1-12,32H,13-14H2,(H,33,35). The van der Waals surface area contributed by atoms with Crippen molar-refractivity contribution in [1.29, 1.82) is 0 Å². The van der Waals surface area contributed by atoms with Gasteiger partial charge in [0.05, 0.1) is 17.8 Å². The van der Waals surface area contributed by atoms with E-state index in [1.54, 1.807) is 36.4 Å². The summed E-state index contributed by atoms with van der Waals surface area (Å²) >= 11 is 12.0. The van der Waals surface area contributed by atoms with Crippen LogP contribution in [-0.4, -0.2) is 22.6 Å². The molecule has 2 N–H and O–H groups in total. The lowest BCUT2D eigenvalue weighted by atomic mass is 10.1. The SMILES string of the molecule is O=C(Nc1ccccc1C(F)(F)F)c1ccc(CNC2=C(Cl)C(=O)N(Cc3ccc(Cl)cc3)C2=O)cc1. The molecule has 0 aromatic heterocycles. The Balaban J connectivity index is 1.38. The molecule has 0 atom stereocenters. The summed E-state index contributed by atoms with van der Waals surface area (Å²) in [5.41, 5.74) is 0.129. The topological polar surface area (TPSA) is 78.5 Å². The molecule has 3 amide bonds. The minimum Gasteiger partial charge on any atom is -0.375 e. The van der Waals surface area contributed by atoms with E-state index in [9.17, 15) is 27.6 Å². The number of imide groups is 1. The van der Waals surface area contributed by atoms with E-state index in [0.717, 1.165) is 11.0 Å². The van der Waals surface area contributed by atoms with Crippen molar-refractivity contribution in [1.82, 2.24) is 10.2 Å². The van der Waals surface area contributed by atoms with Crippen LogP contribution in [-0.2, 0) is 28.9 Å². The number of carbonyl (C=O) groups excluding carboxylic acids is 3. The summed E-state index contributed by atoms with van der Waals surface area (Å²) in [4.78, 5) is 38.8. The third-order valence-corrected chi connectivity index (χ3v) is 6.13. The highest BCUT2D eigenvalue weighted by Gasteiger charge is 2.37. The Morgan fingerprint density at radius 2 is 1.46 bits per heavy atom. The Morgan fingerprint density at radius 3 is 2.11 bits per heavy atom. The van der Waals surface area contributed by atoms with Crippen molar-refractivity contribution < 1.29 is 27.6 Å². The van der Waals surface area contributed by atoms with Gasteiger partial charge in [0.25, 0.3) is 17.7 Å². The Bertz CT molecular complexity index is 1390. The number of rotatable bonds is 7. The van der Waals surface area contributed by atoms with Gasteiger partial charge in [-0.25, -0.2) is 0 Å². The molecular weight excluding hydrogens is 530 g/mol. The minimum atomic E-state index is -4.61. The number of benzene rings is 3. The summed E-state index contributed by atoms with van der Waals surface area (Å²) in [5, 5.41) is 5.42. The number of carbonyl (C=O) groups is 3. The van der Waals surface area contributed by atoms with Crippen LogP contribution in [0.3, 0.4) is 0 Å². The Hall–Kier alpha value is -3.82. The molecule has 0 unspecified atom stereocenters. The van der Waals surface area contributed by atoms with Crippen LogP contribution in [0.5, 0.6) is 0 Å². The maximum absolute atomic E-state index is 13.2. The average Bonchev–Trinajstić information content (AvgIpc) is 3.06. The molecule has 0 saturated carbocycles. The number of alkyl halides is 3. The molecule has 1 aliphatic rings. The van der Waals surface area contributed by atoms with Crippen LogP contribution in [0.15, 0.2) is 83.5 Å². The smallest absolute Gasteiger partial charge is 0.375 e. The zero-order valence-electron chi connectivity index (χ0n) is 18.9. The second kappa shape index (κ2) is 10.7. The van der Waals surface area contributed by atoms with Gasteiger partial charge in [-0.3, -0.25) is 19.3 Å². The highest BCUT2D eigenvalue weighted by Crippen LogP contribution is 2.34. The summed E-state index contributed by atoms with van der Waals surface area (Å²) in [6, 6.07) is 17.4. The molecular formula is C26H18Cl2F3N3O3. The predicted molar refractivity (Wildman–Crippen MR) is 133 cm³/mol. The molecule has 0 radical (unpaired) electrons. The molecule has 4 rings (SSSR count). The zero-order valence-corrected chi connectivity index (χ0v) is 20.4. The quantitative estimate of drug-likeness (QED) is 0.371. The van der Waals surface area contributed by atoms with E-state index in [4.69, 9.17) is 23.2 Å². The largest absolute Gasteiger partial charge is 0.418 e. The molecule has 37 heavy (non-hydrogen) atoms. The summed E-state index contributed by atoms with van der Waals surface area (Å²) in [7, 11) is 0. The number of halogens is 5. The van der Waals surface area contributed by atoms with Crippen LogP contribution >= 0.6 is 23.2 Å². The van der Waals surface area contributed by atoms with Gasteiger partial charge in [-0.2, -0.15) is 13.2 Å². The molecule has 0 spiro atoms. The number of nitrogens with one attached hydrogen (secondary N) is 2. The number of nitrogens with zero attached hydrogens (tertiary/aromatic N) is 1. The number of anilines is 1. The van der Waals surface area contributed by atoms with Crippen molar-refractivity contribution in [2.45, 2.75) is 19.3 Å². The van der Waals surface area contributed by atoms with Crippen molar-refractivity contribution in [3.8, 4) is 0 Å². The third-order valence-electron chi connectivity index (χ3n) is 5.53. The molecule has 3 aromatic carbocycles. The molecule has 3 aromatic rings. The summed E-state index contributed by atoms with van der Waals surface area (Å²) in [6.07, 6.45) is -4.61. The predicted octanol–water partition coefficient (Wildman–Crippen LogP) is 5.72. The van der Waals surface area contributed by atoms with E-state index >= 15 is 0 Å². The zero-order chi connectivity index (χ0) is 26.7. The summed E-state index contributed by atoms with van der Waals surface area (Å²) in [5.74, 6) is -1.92. The summed E-state index contributed by atoms with van der Waals surface area (Å²) in [6.45, 7) is 0.135. The molecule has 0 bridgehead atoms. The molecule has 1 heterocycles. The van der Waals surface area contributed by atoms with Gasteiger partial charge in [0.2, 0.25) is 0 Å². The molecule has 6 nitrogen and oxygen atoms in total. The monoisotopic (exact) mass is 547 g/mol. The van der Waals surface area contributed by atoms with Gasteiger partial charge in [-0.05, 0) is 47.5 Å². The number of amides is 3. The van der Waals surface area contributed by atoms with Crippen molar-refractivity contribution in [2.24, 2.45) is 0 Å². The number of para-hydroxylation sites is 1. The van der Waals surface area contributed by atoms with E-state index in [0.29, 0.717) is 16.1 Å². The van der Waals surface area contributed by atoms with E-state index < -0.39 is 29.5 Å². The minimum absolute atomic E-state index is 0.0253. The summed E-state index contributed by atoms with van der Waals surface area (Å²) < 4.78 is 39.5. The van der Waals surface area contributed by atoms with E-state index in [-0.39, 0.29) is 35.1 Å². The maximum atomic E-state index is 13.2. The van der Waals surface area contributed by atoms with Gasteiger partial charge in [-0.1, -0.05) is 59.6 Å². The number of hydrogen-bond donors (Lipinski definition) is 2. The maximum Gasteiger partial charge on any atom is 0.418 e.